The van der Waals surface area contributed by atoms with E-state index in [4.69, 9.17) is 0 Å². The molecule has 2 aliphatic rings. The predicted molar refractivity (Wildman–Crippen MR) is 105 cm³/mol. The Hall–Kier alpha value is -2.54. The number of carbonyl (C=O) groups is 2. The first-order valence-electron chi connectivity index (χ1n) is 9.32. The molecule has 7 heteroatoms. The van der Waals surface area contributed by atoms with Gasteiger partial charge in [0, 0.05) is 22.7 Å². The lowest BCUT2D eigenvalue weighted by molar-refractivity contribution is -0.119. The fourth-order valence-corrected chi connectivity index (χ4v) is 4.76. The molecule has 0 bridgehead atoms. The van der Waals surface area contributed by atoms with Crippen LogP contribution in [0, 0.1) is 0 Å². The zero-order valence-electron chi connectivity index (χ0n) is 15.3. The van der Waals surface area contributed by atoms with Gasteiger partial charge in [0.15, 0.2) is 0 Å². The molecule has 140 valence electrons. The van der Waals surface area contributed by atoms with Gasteiger partial charge >= 0.3 is 0 Å². The molecule has 1 aromatic carbocycles. The van der Waals surface area contributed by atoms with Crippen molar-refractivity contribution in [2.45, 2.75) is 51.0 Å². The van der Waals surface area contributed by atoms with E-state index in [9.17, 15) is 9.59 Å². The highest BCUT2D eigenvalue weighted by Gasteiger charge is 2.37. The van der Waals surface area contributed by atoms with Crippen LogP contribution in [0.25, 0.3) is 5.70 Å². The Morgan fingerprint density at radius 3 is 2.63 bits per heavy atom. The predicted octanol–water partition coefficient (Wildman–Crippen LogP) is 4.04. The van der Waals surface area contributed by atoms with E-state index in [1.54, 1.807) is 13.0 Å². The molecular weight excluding hydrogens is 360 g/mol. The molecule has 1 atom stereocenters. The van der Waals surface area contributed by atoms with Crippen molar-refractivity contribution in [1.82, 2.24) is 15.1 Å². The monoisotopic (exact) mass is 382 g/mol. The molecule has 2 amide bonds. The van der Waals surface area contributed by atoms with Crippen molar-refractivity contribution in [2.75, 3.05) is 5.32 Å². The second-order valence-corrected chi connectivity index (χ2v) is 8.12. The Labute approximate surface area is 162 Å². The third-order valence-electron chi connectivity index (χ3n) is 5.37. The van der Waals surface area contributed by atoms with Crippen LogP contribution in [-0.4, -0.2) is 33.0 Å². The molecular formula is C20H22N4O2S. The Morgan fingerprint density at radius 1 is 1.22 bits per heavy atom. The first-order valence-corrected chi connectivity index (χ1v) is 10.1. The summed E-state index contributed by atoms with van der Waals surface area (Å²) in [4.78, 5) is 26.8. The summed E-state index contributed by atoms with van der Waals surface area (Å²) in [5.74, 6) is -0.0316. The van der Waals surface area contributed by atoms with Gasteiger partial charge in [-0.1, -0.05) is 55.4 Å². The van der Waals surface area contributed by atoms with E-state index in [1.807, 2.05) is 18.2 Å². The minimum atomic E-state index is -0.681. The zero-order valence-corrected chi connectivity index (χ0v) is 16.1. The minimum Gasteiger partial charge on any atom is -0.299 e. The van der Waals surface area contributed by atoms with Crippen molar-refractivity contribution in [2.24, 2.45) is 0 Å². The molecule has 1 fully saturated rings. The SMILES string of the molecule is C=C1c2ccccc2C(=O)N1C(C)C(=O)Nc1nnc(C2CCCCC2)s1. The van der Waals surface area contributed by atoms with Crippen LogP contribution in [0.4, 0.5) is 5.13 Å². The van der Waals surface area contributed by atoms with Gasteiger partial charge < -0.3 is 0 Å². The van der Waals surface area contributed by atoms with E-state index in [0.29, 0.717) is 22.3 Å². The number of amides is 2. The van der Waals surface area contributed by atoms with E-state index in [0.717, 1.165) is 23.4 Å². The number of aromatic nitrogens is 2. The Morgan fingerprint density at radius 2 is 1.93 bits per heavy atom. The number of nitrogens with one attached hydrogen (secondary N) is 1. The third-order valence-corrected chi connectivity index (χ3v) is 6.37. The summed E-state index contributed by atoms with van der Waals surface area (Å²) < 4.78 is 0. The molecule has 0 spiro atoms. The summed E-state index contributed by atoms with van der Waals surface area (Å²) in [5, 5.41) is 12.7. The van der Waals surface area contributed by atoms with Crippen LogP contribution in [0.1, 0.15) is 65.9 Å². The largest absolute Gasteiger partial charge is 0.299 e. The second-order valence-electron chi connectivity index (χ2n) is 7.11. The quantitative estimate of drug-likeness (QED) is 0.866. The van der Waals surface area contributed by atoms with Gasteiger partial charge in [-0.3, -0.25) is 19.8 Å². The Balaban J connectivity index is 1.45. The fraction of sp³-hybridized carbons (Fsp3) is 0.400. The Bertz CT molecular complexity index is 866. The summed E-state index contributed by atoms with van der Waals surface area (Å²) in [6.07, 6.45) is 6.01. The highest BCUT2D eigenvalue weighted by Crippen LogP contribution is 2.36. The van der Waals surface area contributed by atoms with E-state index >= 15 is 0 Å². The normalized spacial score (nSPS) is 18.5. The molecule has 2 heterocycles. The summed E-state index contributed by atoms with van der Waals surface area (Å²) >= 11 is 1.44. The van der Waals surface area contributed by atoms with Crippen LogP contribution in [0.2, 0.25) is 0 Å². The third kappa shape index (κ3) is 3.27. The highest BCUT2D eigenvalue weighted by molar-refractivity contribution is 7.15. The molecule has 1 aromatic heterocycles. The highest BCUT2D eigenvalue weighted by atomic mass is 32.1. The molecule has 6 nitrogen and oxygen atoms in total. The molecule has 0 radical (unpaired) electrons. The standard InChI is InChI=1S/C20H22N4O2S/c1-12-15-10-6-7-11-16(15)19(26)24(12)13(2)17(25)21-20-23-22-18(27-20)14-8-4-3-5-9-14/h6-7,10-11,13-14H,1,3-5,8-9H2,2H3,(H,21,23,25). The van der Waals surface area contributed by atoms with Crippen LogP contribution in [0.3, 0.4) is 0 Å². The van der Waals surface area contributed by atoms with Crippen LogP contribution >= 0.6 is 11.3 Å². The van der Waals surface area contributed by atoms with E-state index in [1.165, 1.54) is 35.5 Å². The van der Waals surface area contributed by atoms with Crippen LogP contribution in [0.5, 0.6) is 0 Å². The lowest BCUT2D eigenvalue weighted by Gasteiger charge is -2.24. The van der Waals surface area contributed by atoms with E-state index in [-0.39, 0.29) is 11.8 Å². The van der Waals surface area contributed by atoms with Gasteiger partial charge in [-0.05, 0) is 25.8 Å². The molecule has 1 saturated carbocycles. The number of hydrogen-bond donors (Lipinski definition) is 1. The number of carbonyl (C=O) groups excluding carboxylic acids is 2. The molecule has 4 rings (SSSR count). The molecule has 1 aliphatic heterocycles. The van der Waals surface area contributed by atoms with Gasteiger partial charge in [0.1, 0.15) is 11.0 Å². The molecule has 0 saturated heterocycles. The number of nitrogens with zero attached hydrogens (tertiary/aromatic N) is 3. The lowest BCUT2D eigenvalue weighted by Crippen LogP contribution is -2.41. The zero-order chi connectivity index (χ0) is 19.0. The smallest absolute Gasteiger partial charge is 0.259 e. The van der Waals surface area contributed by atoms with Gasteiger partial charge in [0.05, 0.1) is 0 Å². The van der Waals surface area contributed by atoms with E-state index in [2.05, 4.69) is 22.1 Å². The van der Waals surface area contributed by atoms with Crippen molar-refractivity contribution in [3.63, 3.8) is 0 Å². The van der Waals surface area contributed by atoms with Crippen LogP contribution in [-0.2, 0) is 4.79 Å². The molecule has 1 unspecified atom stereocenters. The lowest BCUT2D eigenvalue weighted by atomic mass is 9.90. The molecule has 1 N–H and O–H groups in total. The number of fused-ring (bicyclic) bond motifs is 1. The number of benzene rings is 1. The van der Waals surface area contributed by atoms with Gasteiger partial charge in [-0.2, -0.15) is 0 Å². The number of hydrogen-bond acceptors (Lipinski definition) is 5. The topological polar surface area (TPSA) is 75.2 Å². The number of anilines is 1. The molecule has 27 heavy (non-hydrogen) atoms. The van der Waals surface area contributed by atoms with Crippen molar-refractivity contribution >= 4 is 34.0 Å². The fourth-order valence-electron chi connectivity index (χ4n) is 3.84. The molecule has 1 aliphatic carbocycles. The summed E-state index contributed by atoms with van der Waals surface area (Å²) in [7, 11) is 0. The summed E-state index contributed by atoms with van der Waals surface area (Å²) in [6.45, 7) is 5.70. The van der Waals surface area contributed by atoms with Gasteiger partial charge in [0.25, 0.3) is 5.91 Å². The van der Waals surface area contributed by atoms with Gasteiger partial charge in [-0.25, -0.2) is 0 Å². The maximum Gasteiger partial charge on any atom is 0.259 e. The van der Waals surface area contributed by atoms with Gasteiger partial charge in [-0.15, -0.1) is 10.2 Å². The summed E-state index contributed by atoms with van der Waals surface area (Å²) in [5.41, 5.74) is 1.91. The van der Waals surface area contributed by atoms with Crippen molar-refractivity contribution in [3.05, 3.63) is 47.0 Å². The van der Waals surface area contributed by atoms with Crippen molar-refractivity contribution < 1.29 is 9.59 Å². The van der Waals surface area contributed by atoms with Crippen molar-refractivity contribution in [1.29, 1.82) is 0 Å². The van der Waals surface area contributed by atoms with Crippen LogP contribution < -0.4 is 5.32 Å². The van der Waals surface area contributed by atoms with Crippen LogP contribution in [0.15, 0.2) is 30.8 Å². The summed E-state index contributed by atoms with van der Waals surface area (Å²) in [6, 6.07) is 6.60. The maximum absolute atomic E-state index is 12.7. The second kappa shape index (κ2) is 7.23. The number of rotatable bonds is 4. The van der Waals surface area contributed by atoms with Gasteiger partial charge in [0.2, 0.25) is 11.0 Å². The first-order chi connectivity index (χ1) is 13.1. The minimum absolute atomic E-state index is 0.196. The maximum atomic E-state index is 12.7. The molecule has 2 aromatic rings. The van der Waals surface area contributed by atoms with Crippen molar-refractivity contribution in [3.8, 4) is 0 Å². The first kappa shape index (κ1) is 17.9. The average Bonchev–Trinajstić information content (AvgIpc) is 3.26. The Kier molecular flexibility index (Phi) is 4.78. The average molecular weight is 382 g/mol. The van der Waals surface area contributed by atoms with E-state index < -0.39 is 6.04 Å².